The number of pyridine rings is 1. The molecular formula is C6H3BrF3N. The van der Waals surface area contributed by atoms with Gasteiger partial charge in [0.25, 0.3) is 0 Å². The first-order valence-corrected chi connectivity index (χ1v) is 3.50. The second-order valence-electron chi connectivity index (χ2n) is 1.95. The Morgan fingerprint density at radius 1 is 1.18 bits per heavy atom. The van der Waals surface area contributed by atoms with Gasteiger partial charge in [-0.3, -0.25) is 0 Å². The Morgan fingerprint density at radius 2 is 1.73 bits per heavy atom. The Balaban J connectivity index is 3.46. The van der Waals surface area contributed by atoms with Crippen molar-refractivity contribution in [3.63, 3.8) is 0 Å². The molecule has 0 saturated heterocycles. The third-order valence-electron chi connectivity index (χ3n) is 1.21. The summed E-state index contributed by atoms with van der Waals surface area (Å²) in [6.45, 7) is 1.18. The third-order valence-corrected chi connectivity index (χ3v) is 1.88. The van der Waals surface area contributed by atoms with Gasteiger partial charge >= 0.3 is 0 Å². The van der Waals surface area contributed by atoms with Crippen molar-refractivity contribution < 1.29 is 13.2 Å². The lowest BCUT2D eigenvalue weighted by Gasteiger charge is -1.99. The largest absolute Gasteiger partial charge is 0.232 e. The summed E-state index contributed by atoms with van der Waals surface area (Å²) in [4.78, 5) is 2.81. The summed E-state index contributed by atoms with van der Waals surface area (Å²) >= 11 is 2.58. The summed E-state index contributed by atoms with van der Waals surface area (Å²) in [7, 11) is 0. The molecule has 0 aliphatic rings. The van der Waals surface area contributed by atoms with Gasteiger partial charge in [0.15, 0.2) is 0 Å². The maximum absolute atomic E-state index is 12.7. The molecule has 1 aromatic heterocycles. The lowest BCUT2D eigenvalue weighted by Crippen LogP contribution is -1.98. The van der Waals surface area contributed by atoms with Gasteiger partial charge in [0.2, 0.25) is 11.9 Å². The predicted molar refractivity (Wildman–Crippen MR) is 36.5 cm³/mol. The van der Waals surface area contributed by atoms with Crippen molar-refractivity contribution in [1.29, 1.82) is 0 Å². The SMILES string of the molecule is Cc1c(F)nc(F)c(Br)c1F. The van der Waals surface area contributed by atoms with Crippen LogP contribution in [0.2, 0.25) is 0 Å². The zero-order valence-electron chi connectivity index (χ0n) is 5.46. The summed E-state index contributed by atoms with van der Waals surface area (Å²) in [5.74, 6) is -3.25. The van der Waals surface area contributed by atoms with Gasteiger partial charge in [-0.2, -0.15) is 13.8 Å². The van der Waals surface area contributed by atoms with Gasteiger partial charge in [-0.05, 0) is 22.9 Å². The van der Waals surface area contributed by atoms with Crippen LogP contribution in [0.25, 0.3) is 0 Å². The molecule has 0 aliphatic heterocycles. The van der Waals surface area contributed by atoms with Crippen LogP contribution in [-0.2, 0) is 0 Å². The molecule has 1 rings (SSSR count). The number of nitrogens with zero attached hydrogens (tertiary/aromatic N) is 1. The minimum absolute atomic E-state index is 0.293. The molecular weight excluding hydrogens is 223 g/mol. The molecule has 0 aromatic carbocycles. The van der Waals surface area contributed by atoms with E-state index in [1.165, 1.54) is 6.92 Å². The summed E-state index contributed by atoms with van der Waals surface area (Å²) in [6, 6.07) is 0. The van der Waals surface area contributed by atoms with E-state index in [2.05, 4.69) is 20.9 Å². The molecule has 1 nitrogen and oxygen atoms in total. The first-order valence-electron chi connectivity index (χ1n) is 2.70. The van der Waals surface area contributed by atoms with Crippen LogP contribution in [0.1, 0.15) is 5.56 Å². The molecule has 1 aromatic rings. The van der Waals surface area contributed by atoms with E-state index < -0.39 is 22.2 Å². The Bertz CT molecular complexity index is 274. The Kier molecular flexibility index (Phi) is 2.17. The number of rotatable bonds is 0. The molecule has 0 radical (unpaired) electrons. The molecule has 0 unspecified atom stereocenters. The molecule has 0 fully saturated rings. The van der Waals surface area contributed by atoms with E-state index in [1.807, 2.05) is 0 Å². The summed E-state index contributed by atoms with van der Waals surface area (Å²) in [5, 5.41) is 0. The van der Waals surface area contributed by atoms with Crippen LogP contribution < -0.4 is 0 Å². The van der Waals surface area contributed by atoms with Gasteiger partial charge in [0.05, 0.1) is 0 Å². The second-order valence-corrected chi connectivity index (χ2v) is 2.74. The van der Waals surface area contributed by atoms with Crippen molar-refractivity contribution in [1.82, 2.24) is 4.98 Å². The molecule has 0 amide bonds. The lowest BCUT2D eigenvalue weighted by atomic mass is 10.3. The van der Waals surface area contributed by atoms with Crippen molar-refractivity contribution in [2.45, 2.75) is 6.92 Å². The maximum Gasteiger partial charge on any atom is 0.232 e. The predicted octanol–water partition coefficient (Wildman–Crippen LogP) is 2.57. The van der Waals surface area contributed by atoms with Crippen LogP contribution in [-0.4, -0.2) is 4.98 Å². The molecule has 0 saturated carbocycles. The number of aromatic nitrogens is 1. The topological polar surface area (TPSA) is 12.9 Å². The molecule has 5 heteroatoms. The Morgan fingerprint density at radius 3 is 2.27 bits per heavy atom. The summed E-state index contributed by atoms with van der Waals surface area (Å²) in [6.07, 6.45) is 0. The molecule has 0 bridgehead atoms. The molecule has 0 spiro atoms. The van der Waals surface area contributed by atoms with Crippen LogP contribution in [0.15, 0.2) is 4.47 Å². The number of halogens is 4. The van der Waals surface area contributed by atoms with Gasteiger partial charge in [-0.15, -0.1) is 0 Å². The molecule has 0 aliphatic carbocycles. The second kappa shape index (κ2) is 2.81. The standard InChI is InChI=1S/C6H3BrF3N/c1-2-4(8)3(7)6(10)11-5(2)9/h1H3. The fraction of sp³-hybridized carbons (Fsp3) is 0.167. The molecule has 60 valence electrons. The van der Waals surface area contributed by atoms with Crippen LogP contribution in [0.3, 0.4) is 0 Å². The van der Waals surface area contributed by atoms with Gasteiger partial charge in [-0.1, -0.05) is 0 Å². The van der Waals surface area contributed by atoms with E-state index in [-0.39, 0.29) is 5.56 Å². The smallest absolute Gasteiger partial charge is 0.205 e. The highest BCUT2D eigenvalue weighted by atomic mass is 79.9. The number of hydrogen-bond donors (Lipinski definition) is 0. The van der Waals surface area contributed by atoms with Crippen molar-refractivity contribution in [3.05, 3.63) is 27.7 Å². The molecule has 0 atom stereocenters. The van der Waals surface area contributed by atoms with Crippen molar-refractivity contribution in [3.8, 4) is 0 Å². The maximum atomic E-state index is 12.7. The van der Waals surface area contributed by atoms with Crippen LogP contribution in [0.5, 0.6) is 0 Å². The third kappa shape index (κ3) is 1.38. The molecule has 11 heavy (non-hydrogen) atoms. The number of hydrogen-bond acceptors (Lipinski definition) is 1. The highest BCUT2D eigenvalue weighted by molar-refractivity contribution is 9.10. The molecule has 0 N–H and O–H groups in total. The fourth-order valence-electron chi connectivity index (χ4n) is 0.565. The van der Waals surface area contributed by atoms with Gasteiger partial charge in [0.1, 0.15) is 10.3 Å². The van der Waals surface area contributed by atoms with E-state index in [1.54, 1.807) is 0 Å². The minimum Gasteiger partial charge on any atom is -0.205 e. The highest BCUT2D eigenvalue weighted by Crippen LogP contribution is 2.21. The Hall–Kier alpha value is -0.580. The average molecular weight is 226 g/mol. The van der Waals surface area contributed by atoms with E-state index in [0.717, 1.165) is 0 Å². The first-order chi connectivity index (χ1) is 5.04. The monoisotopic (exact) mass is 225 g/mol. The van der Waals surface area contributed by atoms with Crippen molar-refractivity contribution in [2.24, 2.45) is 0 Å². The van der Waals surface area contributed by atoms with Gasteiger partial charge in [-0.25, -0.2) is 4.39 Å². The fourth-order valence-corrected chi connectivity index (χ4v) is 0.951. The van der Waals surface area contributed by atoms with Crippen LogP contribution in [0, 0.1) is 24.6 Å². The highest BCUT2D eigenvalue weighted by Gasteiger charge is 2.14. The summed E-state index contributed by atoms with van der Waals surface area (Å²) < 4.78 is 37.0. The van der Waals surface area contributed by atoms with Crippen LogP contribution >= 0.6 is 15.9 Å². The van der Waals surface area contributed by atoms with Crippen molar-refractivity contribution in [2.75, 3.05) is 0 Å². The van der Waals surface area contributed by atoms with E-state index in [0.29, 0.717) is 0 Å². The van der Waals surface area contributed by atoms with E-state index in [4.69, 9.17) is 0 Å². The van der Waals surface area contributed by atoms with E-state index in [9.17, 15) is 13.2 Å². The summed E-state index contributed by atoms with van der Waals surface area (Å²) in [5.41, 5.74) is -0.293. The van der Waals surface area contributed by atoms with Gasteiger partial charge in [0, 0.05) is 5.56 Å². The van der Waals surface area contributed by atoms with Crippen molar-refractivity contribution >= 4 is 15.9 Å². The lowest BCUT2D eigenvalue weighted by molar-refractivity contribution is 0.471. The Labute approximate surface area is 69.4 Å². The zero-order chi connectivity index (χ0) is 8.59. The average Bonchev–Trinajstić information content (AvgIpc) is 1.97. The van der Waals surface area contributed by atoms with E-state index >= 15 is 0 Å². The van der Waals surface area contributed by atoms with Crippen LogP contribution in [0.4, 0.5) is 13.2 Å². The van der Waals surface area contributed by atoms with Gasteiger partial charge < -0.3 is 0 Å². The minimum atomic E-state index is -1.18. The quantitative estimate of drug-likeness (QED) is 0.619. The zero-order valence-corrected chi connectivity index (χ0v) is 7.05. The molecule has 1 heterocycles. The normalized spacial score (nSPS) is 10.3. The first kappa shape index (κ1) is 8.52.